The normalized spacial score (nSPS) is 22.3. The molecule has 0 saturated heterocycles. The lowest BCUT2D eigenvalue weighted by Crippen LogP contribution is -2.38. The van der Waals surface area contributed by atoms with Crippen molar-refractivity contribution in [1.29, 1.82) is 5.26 Å². The van der Waals surface area contributed by atoms with Gasteiger partial charge < -0.3 is 10.0 Å². The van der Waals surface area contributed by atoms with Gasteiger partial charge in [0, 0.05) is 20.0 Å². The summed E-state index contributed by atoms with van der Waals surface area (Å²) >= 11 is 0. The minimum atomic E-state index is -0.601. The molecular weight excluding hydrogens is 200 g/mol. The van der Waals surface area contributed by atoms with Crippen LogP contribution < -0.4 is 0 Å². The molecule has 16 heavy (non-hydrogen) atoms. The highest BCUT2D eigenvalue weighted by atomic mass is 16.3. The zero-order chi connectivity index (χ0) is 12.2. The SMILES string of the molecule is CC(/C=C(\C#N)N(C)C)C1(O)CCCCC1. The highest BCUT2D eigenvalue weighted by Crippen LogP contribution is 2.35. The van der Waals surface area contributed by atoms with Crippen molar-refractivity contribution >= 4 is 0 Å². The fourth-order valence-corrected chi connectivity index (χ4v) is 2.30. The van der Waals surface area contributed by atoms with E-state index in [0.717, 1.165) is 25.7 Å². The molecule has 1 N–H and O–H groups in total. The van der Waals surface area contributed by atoms with Gasteiger partial charge in [-0.25, -0.2) is 0 Å². The van der Waals surface area contributed by atoms with Gasteiger partial charge in [-0.2, -0.15) is 5.26 Å². The van der Waals surface area contributed by atoms with Gasteiger partial charge in [-0.1, -0.05) is 26.2 Å². The molecular formula is C13H22N2O. The Balaban J connectivity index is 2.76. The third kappa shape index (κ3) is 2.99. The van der Waals surface area contributed by atoms with Crippen molar-refractivity contribution in [3.8, 4) is 6.07 Å². The van der Waals surface area contributed by atoms with Gasteiger partial charge in [-0.3, -0.25) is 0 Å². The Hall–Kier alpha value is -1.01. The Morgan fingerprint density at radius 1 is 1.38 bits per heavy atom. The van der Waals surface area contributed by atoms with E-state index in [9.17, 15) is 5.11 Å². The molecule has 0 aromatic heterocycles. The van der Waals surface area contributed by atoms with E-state index in [-0.39, 0.29) is 5.92 Å². The monoisotopic (exact) mass is 222 g/mol. The topological polar surface area (TPSA) is 47.3 Å². The molecule has 0 aromatic rings. The van der Waals surface area contributed by atoms with Crippen LogP contribution in [0.25, 0.3) is 0 Å². The second kappa shape index (κ2) is 5.36. The lowest BCUT2D eigenvalue weighted by Gasteiger charge is -2.36. The Labute approximate surface area is 98.4 Å². The lowest BCUT2D eigenvalue weighted by atomic mass is 9.76. The van der Waals surface area contributed by atoms with Gasteiger partial charge in [0.1, 0.15) is 11.8 Å². The predicted molar refractivity (Wildman–Crippen MR) is 64.6 cm³/mol. The summed E-state index contributed by atoms with van der Waals surface area (Å²) in [4.78, 5) is 1.79. The van der Waals surface area contributed by atoms with Crippen LogP contribution in [-0.4, -0.2) is 29.7 Å². The molecule has 0 heterocycles. The molecule has 0 aromatic carbocycles. The van der Waals surface area contributed by atoms with E-state index in [1.807, 2.05) is 27.1 Å². The maximum Gasteiger partial charge on any atom is 0.117 e. The van der Waals surface area contributed by atoms with E-state index in [4.69, 9.17) is 5.26 Å². The molecule has 1 atom stereocenters. The Morgan fingerprint density at radius 2 is 1.94 bits per heavy atom. The van der Waals surface area contributed by atoms with E-state index >= 15 is 0 Å². The van der Waals surface area contributed by atoms with Crippen LogP contribution in [0, 0.1) is 17.2 Å². The average molecular weight is 222 g/mol. The molecule has 3 heteroatoms. The van der Waals surface area contributed by atoms with E-state index in [2.05, 4.69) is 6.07 Å². The molecule has 0 bridgehead atoms. The van der Waals surface area contributed by atoms with Gasteiger partial charge in [0.15, 0.2) is 0 Å². The van der Waals surface area contributed by atoms with Crippen molar-refractivity contribution in [2.75, 3.05) is 14.1 Å². The fourth-order valence-electron chi connectivity index (χ4n) is 2.30. The maximum absolute atomic E-state index is 10.5. The first-order valence-corrected chi connectivity index (χ1v) is 6.01. The van der Waals surface area contributed by atoms with Crippen LogP contribution in [0.2, 0.25) is 0 Å². The van der Waals surface area contributed by atoms with Crippen molar-refractivity contribution in [2.45, 2.75) is 44.6 Å². The molecule has 0 aliphatic heterocycles. The van der Waals surface area contributed by atoms with Crippen molar-refractivity contribution < 1.29 is 5.11 Å². The van der Waals surface area contributed by atoms with Gasteiger partial charge in [-0.15, -0.1) is 0 Å². The van der Waals surface area contributed by atoms with Crippen molar-refractivity contribution in [3.05, 3.63) is 11.8 Å². The first-order chi connectivity index (χ1) is 7.49. The number of allylic oxidation sites excluding steroid dienone is 1. The maximum atomic E-state index is 10.5. The van der Waals surface area contributed by atoms with Crippen molar-refractivity contribution in [3.63, 3.8) is 0 Å². The molecule has 1 unspecified atom stereocenters. The molecule has 90 valence electrons. The Kier molecular flexibility index (Phi) is 4.37. The number of nitrogens with zero attached hydrogens (tertiary/aromatic N) is 2. The predicted octanol–water partition coefficient (Wildman–Crippen LogP) is 2.29. The zero-order valence-corrected chi connectivity index (χ0v) is 10.5. The molecule has 1 saturated carbocycles. The van der Waals surface area contributed by atoms with E-state index in [1.165, 1.54) is 6.42 Å². The molecule has 3 nitrogen and oxygen atoms in total. The van der Waals surface area contributed by atoms with Crippen LogP contribution in [0.5, 0.6) is 0 Å². The third-order valence-corrected chi connectivity index (χ3v) is 3.57. The Morgan fingerprint density at radius 3 is 2.38 bits per heavy atom. The number of rotatable bonds is 3. The second-order valence-corrected chi connectivity index (χ2v) is 5.01. The number of nitriles is 1. The van der Waals surface area contributed by atoms with Crippen LogP contribution in [0.15, 0.2) is 11.8 Å². The third-order valence-electron chi connectivity index (χ3n) is 3.57. The molecule has 1 aliphatic carbocycles. The highest BCUT2D eigenvalue weighted by molar-refractivity contribution is 5.20. The van der Waals surface area contributed by atoms with Crippen molar-refractivity contribution in [2.24, 2.45) is 5.92 Å². The summed E-state index contributed by atoms with van der Waals surface area (Å²) in [5.41, 5.74) is 0.0302. The number of hydrogen-bond acceptors (Lipinski definition) is 3. The summed E-state index contributed by atoms with van der Waals surface area (Å²) in [5, 5.41) is 19.5. The summed E-state index contributed by atoms with van der Waals surface area (Å²) in [6, 6.07) is 2.16. The number of hydrogen-bond donors (Lipinski definition) is 1. The van der Waals surface area contributed by atoms with Crippen molar-refractivity contribution in [1.82, 2.24) is 4.90 Å². The lowest BCUT2D eigenvalue weighted by molar-refractivity contribution is -0.0277. The average Bonchev–Trinajstić information content (AvgIpc) is 2.26. The van der Waals surface area contributed by atoms with Crippen LogP contribution in [0.1, 0.15) is 39.0 Å². The summed E-state index contributed by atoms with van der Waals surface area (Å²) in [5.74, 6) is 0.0462. The summed E-state index contributed by atoms with van der Waals surface area (Å²) in [7, 11) is 3.71. The summed E-state index contributed by atoms with van der Waals surface area (Å²) < 4.78 is 0. The summed E-state index contributed by atoms with van der Waals surface area (Å²) in [6.07, 6.45) is 7.02. The number of aliphatic hydroxyl groups is 1. The van der Waals surface area contributed by atoms with Gasteiger partial charge in [0.2, 0.25) is 0 Å². The van der Waals surface area contributed by atoms with Crippen LogP contribution in [0.3, 0.4) is 0 Å². The van der Waals surface area contributed by atoms with Crippen LogP contribution >= 0.6 is 0 Å². The first kappa shape index (κ1) is 13.1. The molecule has 0 radical (unpaired) electrons. The molecule has 0 amide bonds. The second-order valence-electron chi connectivity index (χ2n) is 5.01. The summed E-state index contributed by atoms with van der Waals surface area (Å²) in [6.45, 7) is 2.01. The largest absolute Gasteiger partial charge is 0.389 e. The van der Waals surface area contributed by atoms with E-state index < -0.39 is 5.60 Å². The minimum Gasteiger partial charge on any atom is -0.389 e. The van der Waals surface area contributed by atoms with Crippen LogP contribution in [0.4, 0.5) is 0 Å². The fraction of sp³-hybridized carbons (Fsp3) is 0.769. The quantitative estimate of drug-likeness (QED) is 0.745. The first-order valence-electron chi connectivity index (χ1n) is 6.01. The Bertz CT molecular complexity index is 296. The highest BCUT2D eigenvalue weighted by Gasteiger charge is 2.34. The van der Waals surface area contributed by atoms with Gasteiger partial charge in [0.25, 0.3) is 0 Å². The van der Waals surface area contributed by atoms with E-state index in [1.54, 1.807) is 4.90 Å². The van der Waals surface area contributed by atoms with Gasteiger partial charge in [0.05, 0.1) is 5.60 Å². The van der Waals surface area contributed by atoms with Gasteiger partial charge >= 0.3 is 0 Å². The molecule has 1 fully saturated rings. The minimum absolute atomic E-state index is 0.0462. The standard InChI is InChI=1S/C13H22N2O/c1-11(9-12(10-14)15(2)3)13(16)7-5-4-6-8-13/h9,11,16H,4-8H2,1-3H3/b12-9+. The smallest absolute Gasteiger partial charge is 0.117 e. The molecule has 1 rings (SSSR count). The molecule has 1 aliphatic rings. The van der Waals surface area contributed by atoms with E-state index in [0.29, 0.717) is 5.70 Å². The zero-order valence-electron chi connectivity index (χ0n) is 10.5. The van der Waals surface area contributed by atoms with Crippen LogP contribution in [-0.2, 0) is 0 Å². The van der Waals surface area contributed by atoms with Gasteiger partial charge in [-0.05, 0) is 18.9 Å². The molecule has 0 spiro atoms.